The second kappa shape index (κ2) is 8.62. The number of nitrogens with zero attached hydrogens (tertiary/aromatic N) is 4. The van der Waals surface area contributed by atoms with Crippen molar-refractivity contribution in [3.8, 4) is 5.69 Å². The lowest BCUT2D eigenvalue weighted by atomic mass is 10.2. The number of thiazole rings is 1. The molecule has 2 N–H and O–H groups in total. The minimum Gasteiger partial charge on any atom is -0.356 e. The molecule has 7 heteroatoms. The van der Waals surface area contributed by atoms with E-state index in [1.165, 1.54) is 10.4 Å². The lowest BCUT2D eigenvalue weighted by Crippen LogP contribution is -2.37. The van der Waals surface area contributed by atoms with Crippen molar-refractivity contribution in [2.75, 3.05) is 13.6 Å². The molecule has 2 aromatic heterocycles. The maximum absolute atomic E-state index is 4.57. The van der Waals surface area contributed by atoms with Crippen LogP contribution in [0.4, 0.5) is 0 Å². The van der Waals surface area contributed by atoms with E-state index in [9.17, 15) is 0 Å². The smallest absolute Gasteiger partial charge is 0.191 e. The summed E-state index contributed by atoms with van der Waals surface area (Å²) in [7, 11) is 1.78. The van der Waals surface area contributed by atoms with Crippen LogP contribution in [0.1, 0.15) is 21.1 Å². The van der Waals surface area contributed by atoms with Crippen molar-refractivity contribution in [2.45, 2.75) is 26.8 Å². The first-order chi connectivity index (χ1) is 12.7. The Hall–Kier alpha value is -2.67. The van der Waals surface area contributed by atoms with Gasteiger partial charge in [0.2, 0.25) is 0 Å². The zero-order valence-electron chi connectivity index (χ0n) is 15.4. The fourth-order valence-corrected chi connectivity index (χ4v) is 3.50. The summed E-state index contributed by atoms with van der Waals surface area (Å²) < 4.78 is 1.86. The number of hydrogen-bond acceptors (Lipinski definition) is 4. The number of aromatic nitrogens is 3. The van der Waals surface area contributed by atoms with E-state index in [0.29, 0.717) is 6.54 Å². The second-order valence-corrected chi connectivity index (χ2v) is 7.26. The summed E-state index contributed by atoms with van der Waals surface area (Å²) in [5, 5.41) is 12.1. The maximum atomic E-state index is 4.57. The van der Waals surface area contributed by atoms with Gasteiger partial charge in [-0.15, -0.1) is 11.3 Å². The molecule has 0 atom stereocenters. The van der Waals surface area contributed by atoms with Crippen LogP contribution >= 0.6 is 11.3 Å². The SMILES string of the molecule is CN=C(NCCc1nc(C)c(C)s1)NCc1cccc(-n2cccn2)c1. The number of benzene rings is 1. The summed E-state index contributed by atoms with van der Waals surface area (Å²) in [5.41, 5.74) is 3.35. The molecule has 3 aromatic rings. The first kappa shape index (κ1) is 18.1. The van der Waals surface area contributed by atoms with Gasteiger partial charge in [-0.3, -0.25) is 4.99 Å². The van der Waals surface area contributed by atoms with Crippen LogP contribution in [-0.4, -0.2) is 34.3 Å². The van der Waals surface area contributed by atoms with E-state index in [-0.39, 0.29) is 0 Å². The fraction of sp³-hybridized carbons (Fsp3) is 0.316. The third-order valence-corrected chi connectivity index (χ3v) is 5.20. The van der Waals surface area contributed by atoms with E-state index < -0.39 is 0 Å². The number of nitrogens with one attached hydrogen (secondary N) is 2. The van der Waals surface area contributed by atoms with Crippen molar-refractivity contribution in [3.63, 3.8) is 0 Å². The molecule has 0 saturated heterocycles. The van der Waals surface area contributed by atoms with Crippen LogP contribution in [-0.2, 0) is 13.0 Å². The highest BCUT2D eigenvalue weighted by molar-refractivity contribution is 7.11. The summed E-state index contributed by atoms with van der Waals surface area (Å²) in [5.74, 6) is 0.791. The number of hydrogen-bond donors (Lipinski definition) is 2. The highest BCUT2D eigenvalue weighted by atomic mass is 32.1. The number of rotatable bonds is 6. The molecule has 0 aliphatic heterocycles. The Labute approximate surface area is 158 Å². The zero-order chi connectivity index (χ0) is 18.4. The molecule has 26 heavy (non-hydrogen) atoms. The van der Waals surface area contributed by atoms with Gasteiger partial charge in [-0.1, -0.05) is 12.1 Å². The number of guanidine groups is 1. The Bertz CT molecular complexity index is 847. The van der Waals surface area contributed by atoms with Gasteiger partial charge in [-0.2, -0.15) is 5.10 Å². The van der Waals surface area contributed by atoms with Crippen LogP contribution in [0, 0.1) is 13.8 Å². The molecule has 2 heterocycles. The van der Waals surface area contributed by atoms with Crippen molar-refractivity contribution in [1.82, 2.24) is 25.4 Å². The molecule has 0 fully saturated rings. The first-order valence-corrected chi connectivity index (χ1v) is 9.44. The van der Waals surface area contributed by atoms with Gasteiger partial charge >= 0.3 is 0 Å². The fourth-order valence-electron chi connectivity index (χ4n) is 2.57. The monoisotopic (exact) mass is 368 g/mol. The molecule has 1 aromatic carbocycles. The van der Waals surface area contributed by atoms with Gasteiger partial charge in [0.25, 0.3) is 0 Å². The van der Waals surface area contributed by atoms with Crippen LogP contribution in [0.3, 0.4) is 0 Å². The predicted octanol–water partition coefficient (Wildman–Crippen LogP) is 2.85. The van der Waals surface area contributed by atoms with Crippen LogP contribution in [0.15, 0.2) is 47.7 Å². The average Bonchev–Trinajstić information content (AvgIpc) is 3.29. The van der Waals surface area contributed by atoms with Gasteiger partial charge in [-0.25, -0.2) is 9.67 Å². The van der Waals surface area contributed by atoms with Gasteiger partial charge < -0.3 is 10.6 Å². The topological polar surface area (TPSA) is 67.1 Å². The predicted molar refractivity (Wildman–Crippen MR) is 107 cm³/mol. The Morgan fingerprint density at radius 2 is 2.12 bits per heavy atom. The van der Waals surface area contributed by atoms with Gasteiger partial charge in [0.15, 0.2) is 5.96 Å². The van der Waals surface area contributed by atoms with Gasteiger partial charge in [0, 0.05) is 43.8 Å². The summed E-state index contributed by atoms with van der Waals surface area (Å²) >= 11 is 1.76. The minimum atomic E-state index is 0.699. The number of aryl methyl sites for hydroxylation is 2. The van der Waals surface area contributed by atoms with Crippen LogP contribution in [0.2, 0.25) is 0 Å². The molecule has 0 spiro atoms. The van der Waals surface area contributed by atoms with E-state index in [1.54, 1.807) is 24.6 Å². The van der Waals surface area contributed by atoms with Gasteiger partial charge in [0.1, 0.15) is 0 Å². The highest BCUT2D eigenvalue weighted by Gasteiger charge is 2.05. The zero-order valence-corrected chi connectivity index (χ0v) is 16.2. The van der Waals surface area contributed by atoms with Crippen molar-refractivity contribution >= 4 is 17.3 Å². The Morgan fingerprint density at radius 3 is 2.81 bits per heavy atom. The van der Waals surface area contributed by atoms with E-state index >= 15 is 0 Å². The number of aliphatic imine (C=N–C) groups is 1. The van der Waals surface area contributed by atoms with Gasteiger partial charge in [0.05, 0.1) is 16.4 Å². The molecule has 0 radical (unpaired) electrons. The van der Waals surface area contributed by atoms with Crippen LogP contribution in [0.25, 0.3) is 5.69 Å². The molecular formula is C19H24N6S. The summed E-state index contributed by atoms with van der Waals surface area (Å²) in [4.78, 5) is 10.2. The molecular weight excluding hydrogens is 344 g/mol. The molecule has 0 bridgehead atoms. The highest BCUT2D eigenvalue weighted by Crippen LogP contribution is 2.16. The van der Waals surface area contributed by atoms with Crippen molar-refractivity contribution in [3.05, 3.63) is 63.9 Å². The molecule has 0 amide bonds. The third-order valence-electron chi connectivity index (χ3n) is 4.07. The van der Waals surface area contributed by atoms with E-state index in [4.69, 9.17) is 0 Å². The molecule has 0 saturated carbocycles. The average molecular weight is 369 g/mol. The van der Waals surface area contributed by atoms with Crippen molar-refractivity contribution in [1.29, 1.82) is 0 Å². The van der Waals surface area contributed by atoms with Gasteiger partial charge in [-0.05, 0) is 37.6 Å². The standard InChI is InChI=1S/C19H24N6S/c1-14-15(2)26-18(24-14)8-10-21-19(20-3)22-13-16-6-4-7-17(12-16)25-11-5-9-23-25/h4-7,9,11-12H,8,10,13H2,1-3H3,(H2,20,21,22). The maximum Gasteiger partial charge on any atom is 0.191 e. The first-order valence-electron chi connectivity index (χ1n) is 8.62. The minimum absolute atomic E-state index is 0.699. The molecule has 0 unspecified atom stereocenters. The largest absolute Gasteiger partial charge is 0.356 e. The molecule has 3 rings (SSSR count). The third kappa shape index (κ3) is 4.70. The Kier molecular flexibility index (Phi) is 6.01. The lowest BCUT2D eigenvalue weighted by molar-refractivity contribution is 0.789. The summed E-state index contributed by atoms with van der Waals surface area (Å²) in [6.45, 7) is 5.67. The Balaban J connectivity index is 1.50. The molecule has 136 valence electrons. The van der Waals surface area contributed by atoms with Crippen LogP contribution in [0.5, 0.6) is 0 Å². The molecule has 0 aliphatic carbocycles. The quantitative estimate of drug-likeness (QED) is 0.519. The molecule has 6 nitrogen and oxygen atoms in total. The second-order valence-electron chi connectivity index (χ2n) is 5.97. The molecule has 0 aliphatic rings. The van der Waals surface area contributed by atoms with Crippen molar-refractivity contribution in [2.24, 2.45) is 4.99 Å². The summed E-state index contributed by atoms with van der Waals surface area (Å²) in [6.07, 6.45) is 4.62. The van der Waals surface area contributed by atoms with E-state index in [2.05, 4.69) is 51.7 Å². The van der Waals surface area contributed by atoms with E-state index in [0.717, 1.165) is 35.3 Å². The summed E-state index contributed by atoms with van der Waals surface area (Å²) in [6, 6.07) is 10.2. The lowest BCUT2D eigenvalue weighted by Gasteiger charge is -2.12. The van der Waals surface area contributed by atoms with Crippen molar-refractivity contribution < 1.29 is 0 Å². The Morgan fingerprint density at radius 1 is 1.23 bits per heavy atom. The van der Waals surface area contributed by atoms with E-state index in [1.807, 2.05) is 29.1 Å². The van der Waals surface area contributed by atoms with Crippen LogP contribution < -0.4 is 10.6 Å². The normalized spacial score (nSPS) is 11.6.